The first kappa shape index (κ1) is 15.4. The van der Waals surface area contributed by atoms with E-state index in [1.54, 1.807) is 17.4 Å². The maximum Gasteiger partial charge on any atom is 0.256 e. The molecule has 0 bridgehead atoms. The first-order valence-electron chi connectivity index (χ1n) is 8.16. The average molecular weight is 307 g/mol. The number of carbonyl (C=O) groups excluding carboxylic acids is 1. The zero-order valence-corrected chi connectivity index (χ0v) is 13.6. The number of aromatic nitrogens is 1. The fraction of sp³-hybridized carbons (Fsp3) is 0.316. The number of anilines is 1. The van der Waals surface area contributed by atoms with Gasteiger partial charge in [0.15, 0.2) is 0 Å². The quantitative estimate of drug-likeness (QED) is 0.843. The summed E-state index contributed by atoms with van der Waals surface area (Å²) in [7, 11) is 0. The topological polar surface area (TPSA) is 45.6 Å². The van der Waals surface area contributed by atoms with Crippen molar-refractivity contribution in [2.24, 2.45) is 11.0 Å². The molecule has 1 aromatic carbocycles. The summed E-state index contributed by atoms with van der Waals surface area (Å²) in [5, 5.41) is 6.17. The molecule has 1 aromatic heterocycles. The van der Waals surface area contributed by atoms with Crippen molar-refractivity contribution in [3.63, 3.8) is 0 Å². The van der Waals surface area contributed by atoms with Crippen LogP contribution in [0.4, 0.5) is 5.69 Å². The highest BCUT2D eigenvalue weighted by Crippen LogP contribution is 2.29. The molecule has 0 saturated heterocycles. The Balaban J connectivity index is 1.97. The van der Waals surface area contributed by atoms with Crippen LogP contribution in [0.5, 0.6) is 0 Å². The van der Waals surface area contributed by atoms with E-state index in [4.69, 9.17) is 0 Å². The summed E-state index contributed by atoms with van der Waals surface area (Å²) in [6.07, 6.45) is 6.24. The third-order valence-electron chi connectivity index (χ3n) is 4.17. The van der Waals surface area contributed by atoms with Gasteiger partial charge in [0, 0.05) is 18.0 Å². The van der Waals surface area contributed by atoms with E-state index < -0.39 is 0 Å². The number of amides is 1. The molecule has 0 aliphatic carbocycles. The van der Waals surface area contributed by atoms with Crippen LogP contribution < -0.4 is 5.01 Å². The molecule has 23 heavy (non-hydrogen) atoms. The Morgan fingerprint density at radius 3 is 2.52 bits per heavy atom. The molecule has 4 nitrogen and oxygen atoms in total. The molecule has 3 rings (SSSR count). The van der Waals surface area contributed by atoms with Crippen LogP contribution in [-0.4, -0.2) is 16.6 Å². The van der Waals surface area contributed by atoms with Crippen LogP contribution >= 0.6 is 0 Å². The molecular formula is C19H21N3O. The van der Waals surface area contributed by atoms with Crippen molar-refractivity contribution in [1.82, 2.24) is 4.98 Å². The molecule has 0 N–H and O–H groups in total. The minimum atomic E-state index is -0.185. The minimum Gasteiger partial charge on any atom is -0.272 e. The van der Waals surface area contributed by atoms with Crippen LogP contribution in [0.1, 0.15) is 37.8 Å². The zero-order chi connectivity index (χ0) is 16.2. The highest BCUT2D eigenvalue weighted by atomic mass is 16.2. The van der Waals surface area contributed by atoms with Crippen molar-refractivity contribution in [2.45, 2.75) is 33.1 Å². The van der Waals surface area contributed by atoms with Gasteiger partial charge in [-0.1, -0.05) is 32.4 Å². The van der Waals surface area contributed by atoms with Gasteiger partial charge in [0.1, 0.15) is 0 Å². The van der Waals surface area contributed by atoms with Crippen molar-refractivity contribution < 1.29 is 4.79 Å². The van der Waals surface area contributed by atoms with E-state index in [2.05, 4.69) is 36.1 Å². The summed E-state index contributed by atoms with van der Waals surface area (Å²) in [4.78, 5) is 17.0. The monoisotopic (exact) mass is 307 g/mol. The Hall–Kier alpha value is -2.49. The Morgan fingerprint density at radius 2 is 1.91 bits per heavy atom. The van der Waals surface area contributed by atoms with E-state index in [1.807, 2.05) is 24.3 Å². The molecule has 1 aliphatic rings. The maximum absolute atomic E-state index is 12.8. The van der Waals surface area contributed by atoms with Crippen molar-refractivity contribution in [3.8, 4) is 0 Å². The Morgan fingerprint density at radius 1 is 1.13 bits per heavy atom. The lowest BCUT2D eigenvalue weighted by molar-refractivity contribution is -0.119. The summed E-state index contributed by atoms with van der Waals surface area (Å²) >= 11 is 0. The number of hydrogen-bond acceptors (Lipinski definition) is 3. The number of hydrazone groups is 1. The summed E-state index contributed by atoms with van der Waals surface area (Å²) in [6.45, 7) is 4.21. The lowest BCUT2D eigenvalue weighted by Gasteiger charge is -2.14. The summed E-state index contributed by atoms with van der Waals surface area (Å²) in [5.74, 6) is -0.134. The number of aryl methyl sites for hydroxylation is 1. The molecule has 2 heterocycles. The van der Waals surface area contributed by atoms with Crippen LogP contribution in [0.15, 0.2) is 53.9 Å². The molecule has 0 spiro atoms. The van der Waals surface area contributed by atoms with E-state index in [0.717, 1.165) is 36.2 Å². The lowest BCUT2D eigenvalue weighted by Crippen LogP contribution is -2.27. The molecule has 0 fully saturated rings. The van der Waals surface area contributed by atoms with Gasteiger partial charge in [0.2, 0.25) is 0 Å². The Bertz CT molecular complexity index is 707. The van der Waals surface area contributed by atoms with Gasteiger partial charge >= 0.3 is 0 Å². The molecule has 2 aromatic rings. The minimum absolute atomic E-state index is 0.0509. The van der Waals surface area contributed by atoms with Gasteiger partial charge in [0.25, 0.3) is 5.91 Å². The van der Waals surface area contributed by atoms with Gasteiger partial charge in [0.05, 0.1) is 17.3 Å². The van der Waals surface area contributed by atoms with Crippen LogP contribution in [0.3, 0.4) is 0 Å². The standard InChI is InChI=1S/C19H21N3O/c1-3-6-17-18(15-7-5-12-20-13-15)21-22(19(17)23)16-10-8-14(4-2)9-11-16/h5,7-13,17H,3-4,6H2,1-2H3. The van der Waals surface area contributed by atoms with Gasteiger partial charge in [-0.15, -0.1) is 0 Å². The summed E-state index contributed by atoms with van der Waals surface area (Å²) in [6, 6.07) is 11.9. The van der Waals surface area contributed by atoms with Crippen molar-refractivity contribution >= 4 is 17.3 Å². The number of benzene rings is 1. The third-order valence-corrected chi connectivity index (χ3v) is 4.17. The molecule has 1 amide bonds. The predicted molar refractivity (Wildman–Crippen MR) is 92.5 cm³/mol. The average Bonchev–Trinajstić information content (AvgIpc) is 2.93. The van der Waals surface area contributed by atoms with E-state index in [9.17, 15) is 4.79 Å². The van der Waals surface area contributed by atoms with Crippen molar-refractivity contribution in [1.29, 1.82) is 0 Å². The molecule has 1 atom stereocenters. The predicted octanol–water partition coefficient (Wildman–Crippen LogP) is 3.81. The molecule has 0 radical (unpaired) electrons. The fourth-order valence-electron chi connectivity index (χ4n) is 2.87. The van der Waals surface area contributed by atoms with Crippen LogP contribution in [-0.2, 0) is 11.2 Å². The summed E-state index contributed by atoms with van der Waals surface area (Å²) < 4.78 is 0. The van der Waals surface area contributed by atoms with Gasteiger partial charge in [-0.25, -0.2) is 0 Å². The van der Waals surface area contributed by atoms with Crippen molar-refractivity contribution in [2.75, 3.05) is 5.01 Å². The van der Waals surface area contributed by atoms with Gasteiger partial charge in [-0.3, -0.25) is 9.78 Å². The normalized spacial score (nSPS) is 17.5. The number of pyridine rings is 1. The fourth-order valence-corrected chi connectivity index (χ4v) is 2.87. The number of rotatable bonds is 5. The second-order valence-corrected chi connectivity index (χ2v) is 5.74. The SMILES string of the molecule is CCCC1C(=O)N(c2ccc(CC)cc2)N=C1c1cccnc1. The molecule has 118 valence electrons. The molecule has 0 saturated carbocycles. The highest BCUT2D eigenvalue weighted by Gasteiger charge is 2.36. The van der Waals surface area contributed by atoms with Gasteiger partial charge in [-0.05, 0) is 42.7 Å². The first-order chi connectivity index (χ1) is 11.2. The van der Waals surface area contributed by atoms with Crippen molar-refractivity contribution in [3.05, 3.63) is 59.9 Å². The van der Waals surface area contributed by atoms with Gasteiger partial charge in [-0.2, -0.15) is 10.1 Å². The Kier molecular flexibility index (Phi) is 4.51. The first-order valence-corrected chi connectivity index (χ1v) is 8.16. The number of carbonyl (C=O) groups is 1. The molecular weight excluding hydrogens is 286 g/mol. The largest absolute Gasteiger partial charge is 0.272 e. The second kappa shape index (κ2) is 6.73. The van der Waals surface area contributed by atoms with Crippen LogP contribution in [0, 0.1) is 5.92 Å². The van der Waals surface area contributed by atoms with Crippen LogP contribution in [0.2, 0.25) is 0 Å². The number of nitrogens with zero attached hydrogens (tertiary/aromatic N) is 3. The van der Waals surface area contributed by atoms with Gasteiger partial charge < -0.3 is 0 Å². The lowest BCUT2D eigenvalue weighted by atomic mass is 9.93. The van der Waals surface area contributed by atoms with E-state index in [-0.39, 0.29) is 11.8 Å². The summed E-state index contributed by atoms with van der Waals surface area (Å²) in [5.41, 5.74) is 3.82. The number of hydrogen-bond donors (Lipinski definition) is 0. The zero-order valence-electron chi connectivity index (χ0n) is 13.6. The second-order valence-electron chi connectivity index (χ2n) is 5.74. The van der Waals surface area contributed by atoms with Crippen LogP contribution in [0.25, 0.3) is 0 Å². The van der Waals surface area contributed by atoms with E-state index in [1.165, 1.54) is 5.56 Å². The molecule has 1 unspecified atom stereocenters. The molecule has 4 heteroatoms. The third kappa shape index (κ3) is 3.02. The molecule has 1 aliphatic heterocycles. The smallest absolute Gasteiger partial charge is 0.256 e. The highest BCUT2D eigenvalue weighted by molar-refractivity contribution is 6.21. The Labute approximate surface area is 136 Å². The van der Waals surface area contributed by atoms with E-state index in [0.29, 0.717) is 0 Å². The van der Waals surface area contributed by atoms with E-state index >= 15 is 0 Å². The maximum atomic E-state index is 12.8.